The lowest BCUT2D eigenvalue weighted by atomic mass is 10.1. The lowest BCUT2D eigenvalue weighted by Gasteiger charge is -2.36. The van der Waals surface area contributed by atoms with Crippen LogP contribution < -0.4 is 9.64 Å². The van der Waals surface area contributed by atoms with Gasteiger partial charge in [-0.15, -0.1) is 0 Å². The third-order valence-corrected chi connectivity index (χ3v) is 5.35. The van der Waals surface area contributed by atoms with Crippen LogP contribution in [0.2, 0.25) is 5.02 Å². The molecule has 0 bridgehead atoms. The topological polar surface area (TPSA) is 31.5 Å². The number of benzene rings is 2. The number of hydrogen-bond acceptors (Lipinski definition) is 3. The zero-order valence-electron chi connectivity index (χ0n) is 15.1. The Morgan fingerprint density at radius 3 is 2.74 bits per heavy atom. The van der Waals surface area contributed by atoms with Gasteiger partial charge in [0, 0.05) is 55.5 Å². The largest absolute Gasteiger partial charge is 0.492 e. The Morgan fingerprint density at radius 1 is 1.07 bits per heavy atom. The van der Waals surface area contributed by atoms with E-state index in [1.807, 2.05) is 6.20 Å². The molecule has 0 atom stereocenters. The summed E-state index contributed by atoms with van der Waals surface area (Å²) in [6.07, 6.45) is 2.92. The molecule has 142 valence electrons. The Labute approximate surface area is 163 Å². The Balaban J connectivity index is 1.23. The minimum absolute atomic E-state index is 0.322. The van der Waals surface area contributed by atoms with Gasteiger partial charge in [-0.05, 0) is 42.8 Å². The first kappa shape index (κ1) is 18.1. The van der Waals surface area contributed by atoms with Crippen molar-refractivity contribution in [3.63, 3.8) is 0 Å². The molecule has 0 unspecified atom stereocenters. The maximum atomic E-state index is 13.0. The van der Waals surface area contributed by atoms with Gasteiger partial charge in [-0.2, -0.15) is 0 Å². The molecule has 1 aliphatic heterocycles. The van der Waals surface area contributed by atoms with Crippen LogP contribution in [0.4, 0.5) is 10.1 Å². The summed E-state index contributed by atoms with van der Waals surface area (Å²) in [5.74, 6) is 0.197. The number of halogens is 2. The number of anilines is 1. The summed E-state index contributed by atoms with van der Waals surface area (Å²) in [5.41, 5.74) is 2.49. The van der Waals surface area contributed by atoms with Crippen molar-refractivity contribution in [2.75, 3.05) is 44.2 Å². The van der Waals surface area contributed by atoms with Gasteiger partial charge in [-0.3, -0.25) is 4.90 Å². The minimum atomic E-state index is -0.347. The van der Waals surface area contributed by atoms with Gasteiger partial charge in [0.25, 0.3) is 0 Å². The molecular weight excluding hydrogens is 365 g/mol. The Kier molecular flexibility index (Phi) is 5.50. The molecule has 2 heterocycles. The lowest BCUT2D eigenvalue weighted by molar-refractivity contribution is 0.225. The summed E-state index contributed by atoms with van der Waals surface area (Å²) >= 11 is 5.98. The minimum Gasteiger partial charge on any atom is -0.492 e. The van der Waals surface area contributed by atoms with Gasteiger partial charge in [0.2, 0.25) is 0 Å². The highest BCUT2D eigenvalue weighted by atomic mass is 35.5. The van der Waals surface area contributed by atoms with Crippen LogP contribution in [0.5, 0.6) is 5.75 Å². The van der Waals surface area contributed by atoms with Crippen molar-refractivity contribution >= 4 is 28.2 Å². The van der Waals surface area contributed by atoms with Gasteiger partial charge in [0.15, 0.2) is 0 Å². The van der Waals surface area contributed by atoms with Gasteiger partial charge in [-0.1, -0.05) is 17.7 Å². The van der Waals surface area contributed by atoms with Gasteiger partial charge < -0.3 is 14.6 Å². The molecule has 0 spiro atoms. The summed E-state index contributed by atoms with van der Waals surface area (Å²) in [4.78, 5) is 8.20. The first-order valence-corrected chi connectivity index (χ1v) is 9.70. The van der Waals surface area contributed by atoms with E-state index in [1.54, 1.807) is 6.07 Å². The maximum Gasteiger partial charge on any atom is 0.138 e. The molecule has 2 aromatic carbocycles. The second-order valence-corrected chi connectivity index (χ2v) is 7.23. The van der Waals surface area contributed by atoms with E-state index in [2.05, 4.69) is 39.0 Å². The highest BCUT2D eigenvalue weighted by Gasteiger charge is 2.18. The normalized spacial score (nSPS) is 15.4. The van der Waals surface area contributed by atoms with Gasteiger partial charge in [0.05, 0.1) is 11.6 Å². The van der Waals surface area contributed by atoms with Crippen molar-refractivity contribution in [2.24, 2.45) is 0 Å². The van der Waals surface area contributed by atoms with E-state index in [0.717, 1.165) is 39.1 Å². The van der Waals surface area contributed by atoms with Crippen LogP contribution >= 0.6 is 11.6 Å². The van der Waals surface area contributed by atoms with Crippen molar-refractivity contribution < 1.29 is 9.13 Å². The van der Waals surface area contributed by atoms with E-state index in [0.29, 0.717) is 17.4 Å². The molecule has 1 aromatic heterocycles. The Hall–Kier alpha value is -2.24. The van der Waals surface area contributed by atoms with E-state index in [-0.39, 0.29) is 5.82 Å². The molecule has 1 saturated heterocycles. The van der Waals surface area contributed by atoms with Gasteiger partial charge in [-0.25, -0.2) is 4.39 Å². The average Bonchev–Trinajstić information content (AvgIpc) is 3.16. The second-order valence-electron chi connectivity index (χ2n) is 6.82. The molecule has 27 heavy (non-hydrogen) atoms. The number of ether oxygens (including phenoxy) is 1. The molecule has 0 radical (unpaired) electrons. The van der Waals surface area contributed by atoms with Crippen molar-refractivity contribution in [3.05, 3.63) is 59.5 Å². The van der Waals surface area contributed by atoms with Crippen molar-refractivity contribution in [1.29, 1.82) is 0 Å². The number of H-pyrrole nitrogens is 1. The van der Waals surface area contributed by atoms with Crippen LogP contribution in [0.15, 0.2) is 48.7 Å². The summed E-state index contributed by atoms with van der Waals surface area (Å²) in [5, 5.41) is 1.61. The average molecular weight is 388 g/mol. The molecule has 4 rings (SSSR count). The van der Waals surface area contributed by atoms with Crippen LogP contribution in [0.25, 0.3) is 10.9 Å². The third-order valence-electron chi connectivity index (χ3n) is 5.06. The highest BCUT2D eigenvalue weighted by Crippen LogP contribution is 2.27. The van der Waals surface area contributed by atoms with Crippen molar-refractivity contribution in [2.45, 2.75) is 6.42 Å². The Morgan fingerprint density at radius 2 is 1.93 bits per heavy atom. The summed E-state index contributed by atoms with van der Waals surface area (Å²) in [6.45, 7) is 5.69. The molecule has 0 amide bonds. The van der Waals surface area contributed by atoms with E-state index < -0.39 is 0 Å². The maximum absolute atomic E-state index is 13.0. The molecule has 0 aliphatic carbocycles. The molecular formula is C21H23ClFN3O. The van der Waals surface area contributed by atoms with E-state index in [4.69, 9.17) is 16.3 Å². The zero-order chi connectivity index (χ0) is 18.6. The molecule has 6 heteroatoms. The number of nitrogens with zero attached hydrogens (tertiary/aromatic N) is 2. The smallest absolute Gasteiger partial charge is 0.138 e. The van der Waals surface area contributed by atoms with Crippen molar-refractivity contribution in [3.8, 4) is 5.75 Å². The predicted octanol–water partition coefficient (Wildman–Crippen LogP) is 4.55. The quantitative estimate of drug-likeness (QED) is 0.629. The first-order valence-electron chi connectivity index (χ1n) is 9.32. The molecule has 1 N–H and O–H groups in total. The number of aromatic nitrogens is 1. The molecule has 1 fully saturated rings. The van der Waals surface area contributed by atoms with Crippen LogP contribution in [0.3, 0.4) is 0 Å². The molecule has 4 nitrogen and oxygen atoms in total. The highest BCUT2D eigenvalue weighted by molar-refractivity contribution is 6.32. The molecule has 0 saturated carbocycles. The predicted molar refractivity (Wildman–Crippen MR) is 108 cm³/mol. The third kappa shape index (κ3) is 4.20. The fraction of sp³-hybridized carbons (Fsp3) is 0.333. The van der Waals surface area contributed by atoms with Crippen LogP contribution in [0.1, 0.15) is 6.42 Å². The van der Waals surface area contributed by atoms with Crippen molar-refractivity contribution in [1.82, 2.24) is 9.88 Å². The lowest BCUT2D eigenvalue weighted by Crippen LogP contribution is -2.46. The van der Waals surface area contributed by atoms with Crippen LogP contribution in [-0.4, -0.2) is 49.2 Å². The fourth-order valence-electron chi connectivity index (χ4n) is 3.62. The summed E-state index contributed by atoms with van der Waals surface area (Å²) < 4.78 is 18.7. The fourth-order valence-corrected chi connectivity index (χ4v) is 3.84. The number of aromatic amines is 1. The van der Waals surface area contributed by atoms with E-state index in [9.17, 15) is 4.39 Å². The van der Waals surface area contributed by atoms with E-state index >= 15 is 0 Å². The standard InChI is InChI=1S/C21H23ClFN3O/c22-18-15-16(23)5-6-21(18)27-14-2-9-25-10-12-26(13-11-25)20-4-1-3-19-17(20)7-8-24-19/h1,3-8,15,24H,2,9-14H2. The number of rotatable bonds is 6. The number of fused-ring (bicyclic) bond motifs is 1. The van der Waals surface area contributed by atoms with E-state index in [1.165, 1.54) is 28.7 Å². The number of hydrogen-bond donors (Lipinski definition) is 1. The van der Waals surface area contributed by atoms with Gasteiger partial charge >= 0.3 is 0 Å². The number of nitrogens with one attached hydrogen (secondary N) is 1. The Bertz CT molecular complexity index is 905. The van der Waals surface area contributed by atoms with Crippen LogP contribution in [-0.2, 0) is 0 Å². The first-order chi connectivity index (χ1) is 13.2. The second kappa shape index (κ2) is 8.19. The number of piperazine rings is 1. The summed E-state index contributed by atoms with van der Waals surface area (Å²) in [7, 11) is 0. The molecule has 1 aliphatic rings. The summed E-state index contributed by atoms with van der Waals surface area (Å²) in [6, 6.07) is 12.8. The SMILES string of the molecule is Fc1ccc(OCCCN2CCN(c3cccc4[nH]ccc34)CC2)c(Cl)c1. The van der Waals surface area contributed by atoms with Gasteiger partial charge in [0.1, 0.15) is 11.6 Å². The molecule has 3 aromatic rings. The van der Waals surface area contributed by atoms with Crippen LogP contribution in [0, 0.1) is 5.82 Å². The monoisotopic (exact) mass is 387 g/mol. The zero-order valence-corrected chi connectivity index (χ0v) is 15.9.